The van der Waals surface area contributed by atoms with Gasteiger partial charge in [-0.15, -0.1) is 0 Å². The Labute approximate surface area is 122 Å². The maximum absolute atomic E-state index is 13.2. The van der Waals surface area contributed by atoms with Gasteiger partial charge < -0.3 is 20.4 Å². The second-order valence-electron chi connectivity index (χ2n) is 4.96. The molecule has 6 heteroatoms. The highest BCUT2D eigenvalue weighted by Gasteiger charge is 2.16. The van der Waals surface area contributed by atoms with Gasteiger partial charge in [-0.1, -0.05) is 0 Å². The molecule has 0 saturated carbocycles. The van der Waals surface area contributed by atoms with E-state index in [1.807, 2.05) is 13.8 Å². The fourth-order valence-electron chi connectivity index (χ4n) is 2.06. The predicted octanol–water partition coefficient (Wildman–Crippen LogP) is 3.05. The van der Waals surface area contributed by atoms with Crippen molar-refractivity contribution >= 4 is 17.3 Å². The molecule has 1 aromatic heterocycles. The summed E-state index contributed by atoms with van der Waals surface area (Å²) in [6, 6.07) is 5.63. The number of aromatic nitrogens is 1. The molecule has 0 spiro atoms. The van der Waals surface area contributed by atoms with Gasteiger partial charge in [0.15, 0.2) is 0 Å². The standard InChI is InChI=1S/C15H18FN3O2/c1-9(2)19-8-11(17)7-13(19)15(20)18-12-5-4-10(16)6-14(12)21-3/h4-9H,17H2,1-3H3,(H,18,20). The first-order valence-electron chi connectivity index (χ1n) is 6.54. The van der Waals surface area contributed by atoms with E-state index in [2.05, 4.69) is 5.32 Å². The number of methoxy groups -OCH3 is 1. The van der Waals surface area contributed by atoms with Crippen LogP contribution >= 0.6 is 0 Å². The average Bonchev–Trinajstić information content (AvgIpc) is 2.83. The molecule has 0 saturated heterocycles. The van der Waals surface area contributed by atoms with Crippen molar-refractivity contribution in [2.45, 2.75) is 19.9 Å². The van der Waals surface area contributed by atoms with Gasteiger partial charge in [0.25, 0.3) is 5.91 Å². The molecule has 0 unspecified atom stereocenters. The van der Waals surface area contributed by atoms with E-state index in [4.69, 9.17) is 10.5 Å². The molecule has 0 aliphatic heterocycles. The lowest BCUT2D eigenvalue weighted by Crippen LogP contribution is -2.18. The van der Waals surface area contributed by atoms with Crippen molar-refractivity contribution < 1.29 is 13.9 Å². The van der Waals surface area contributed by atoms with Crippen LogP contribution in [0.15, 0.2) is 30.5 Å². The molecule has 21 heavy (non-hydrogen) atoms. The lowest BCUT2D eigenvalue weighted by Gasteiger charge is -2.14. The van der Waals surface area contributed by atoms with E-state index < -0.39 is 5.82 Å². The van der Waals surface area contributed by atoms with Gasteiger partial charge in [-0.25, -0.2) is 4.39 Å². The minimum atomic E-state index is -0.431. The Morgan fingerprint density at radius 2 is 2.10 bits per heavy atom. The van der Waals surface area contributed by atoms with Crippen LogP contribution in [0.25, 0.3) is 0 Å². The summed E-state index contributed by atoms with van der Waals surface area (Å²) in [5, 5.41) is 2.71. The highest BCUT2D eigenvalue weighted by atomic mass is 19.1. The second kappa shape index (κ2) is 5.87. The van der Waals surface area contributed by atoms with Crippen LogP contribution in [0.2, 0.25) is 0 Å². The fourth-order valence-corrected chi connectivity index (χ4v) is 2.06. The molecule has 0 radical (unpaired) electrons. The molecule has 3 N–H and O–H groups in total. The molecule has 5 nitrogen and oxygen atoms in total. The number of ether oxygens (including phenoxy) is 1. The van der Waals surface area contributed by atoms with E-state index in [0.717, 1.165) is 0 Å². The number of hydrogen-bond acceptors (Lipinski definition) is 3. The molecule has 112 valence electrons. The normalized spacial score (nSPS) is 10.7. The Balaban J connectivity index is 2.30. The molecule has 2 rings (SSSR count). The van der Waals surface area contributed by atoms with Crippen LogP contribution in [-0.4, -0.2) is 17.6 Å². The van der Waals surface area contributed by atoms with Crippen LogP contribution in [0.4, 0.5) is 15.8 Å². The van der Waals surface area contributed by atoms with Gasteiger partial charge in [0.1, 0.15) is 17.3 Å². The van der Waals surface area contributed by atoms with Gasteiger partial charge in [0.2, 0.25) is 0 Å². The van der Waals surface area contributed by atoms with E-state index in [1.165, 1.54) is 25.3 Å². The van der Waals surface area contributed by atoms with Crippen LogP contribution in [0, 0.1) is 5.82 Å². The van der Waals surface area contributed by atoms with Gasteiger partial charge in [0.05, 0.1) is 18.5 Å². The highest BCUT2D eigenvalue weighted by molar-refractivity contribution is 6.04. The Morgan fingerprint density at radius 3 is 2.71 bits per heavy atom. The number of nitrogens with zero attached hydrogens (tertiary/aromatic N) is 1. The van der Waals surface area contributed by atoms with Gasteiger partial charge in [-0.05, 0) is 32.0 Å². The van der Waals surface area contributed by atoms with Crippen molar-refractivity contribution in [3.8, 4) is 5.75 Å². The molecule has 0 bridgehead atoms. The number of rotatable bonds is 4. The quantitative estimate of drug-likeness (QED) is 0.909. The number of carbonyl (C=O) groups excluding carboxylic acids is 1. The number of benzene rings is 1. The van der Waals surface area contributed by atoms with Crippen LogP contribution in [0.1, 0.15) is 30.4 Å². The minimum Gasteiger partial charge on any atom is -0.494 e. The van der Waals surface area contributed by atoms with E-state index in [1.54, 1.807) is 16.8 Å². The van der Waals surface area contributed by atoms with Crippen molar-refractivity contribution in [3.63, 3.8) is 0 Å². The van der Waals surface area contributed by atoms with Crippen LogP contribution < -0.4 is 15.8 Å². The third kappa shape index (κ3) is 3.16. The maximum Gasteiger partial charge on any atom is 0.272 e. The summed E-state index contributed by atoms with van der Waals surface area (Å²) < 4.78 is 20.0. The van der Waals surface area contributed by atoms with Gasteiger partial charge in [0, 0.05) is 18.3 Å². The Morgan fingerprint density at radius 1 is 1.38 bits per heavy atom. The maximum atomic E-state index is 13.2. The van der Waals surface area contributed by atoms with E-state index >= 15 is 0 Å². The first kappa shape index (κ1) is 14.9. The van der Waals surface area contributed by atoms with Crippen LogP contribution in [-0.2, 0) is 0 Å². The van der Waals surface area contributed by atoms with Crippen molar-refractivity contribution in [1.29, 1.82) is 0 Å². The number of carbonyl (C=O) groups is 1. The number of nitrogens with two attached hydrogens (primary N) is 1. The summed E-state index contributed by atoms with van der Waals surface area (Å²) in [5.41, 5.74) is 7.10. The van der Waals surface area contributed by atoms with Crippen molar-refractivity contribution in [2.24, 2.45) is 0 Å². The monoisotopic (exact) mass is 291 g/mol. The molecule has 0 aliphatic rings. The number of halogens is 1. The van der Waals surface area contributed by atoms with Crippen LogP contribution in [0.5, 0.6) is 5.75 Å². The van der Waals surface area contributed by atoms with Crippen molar-refractivity contribution in [1.82, 2.24) is 4.57 Å². The summed E-state index contributed by atoms with van der Waals surface area (Å²) in [6.07, 6.45) is 1.71. The first-order valence-corrected chi connectivity index (χ1v) is 6.54. The topological polar surface area (TPSA) is 69.3 Å². The number of anilines is 2. The molecular formula is C15H18FN3O2. The summed E-state index contributed by atoms with van der Waals surface area (Å²) in [7, 11) is 1.42. The fraction of sp³-hybridized carbons (Fsp3) is 0.267. The smallest absolute Gasteiger partial charge is 0.272 e. The minimum absolute atomic E-state index is 0.0955. The molecule has 1 aromatic carbocycles. The molecular weight excluding hydrogens is 273 g/mol. The number of amides is 1. The molecule has 0 aliphatic carbocycles. The third-order valence-corrected chi connectivity index (χ3v) is 3.07. The first-order chi connectivity index (χ1) is 9.92. The number of hydrogen-bond donors (Lipinski definition) is 2. The SMILES string of the molecule is COc1cc(F)ccc1NC(=O)c1cc(N)cn1C(C)C. The van der Waals surface area contributed by atoms with E-state index in [9.17, 15) is 9.18 Å². The summed E-state index contributed by atoms with van der Waals surface area (Å²) in [6.45, 7) is 3.91. The third-order valence-electron chi connectivity index (χ3n) is 3.07. The molecule has 2 aromatic rings. The molecule has 1 heterocycles. The van der Waals surface area contributed by atoms with E-state index in [0.29, 0.717) is 17.1 Å². The largest absolute Gasteiger partial charge is 0.494 e. The predicted molar refractivity (Wildman–Crippen MR) is 80.1 cm³/mol. The summed E-state index contributed by atoms with van der Waals surface area (Å²) in [5.74, 6) is -0.496. The van der Waals surface area contributed by atoms with Gasteiger partial charge in [-0.3, -0.25) is 4.79 Å². The zero-order valence-electron chi connectivity index (χ0n) is 12.2. The molecule has 0 atom stereocenters. The number of nitrogens with one attached hydrogen (secondary N) is 1. The van der Waals surface area contributed by atoms with Crippen LogP contribution in [0.3, 0.4) is 0 Å². The van der Waals surface area contributed by atoms with Gasteiger partial charge in [-0.2, -0.15) is 0 Å². The number of nitrogen functional groups attached to an aromatic ring is 1. The molecule has 1 amide bonds. The lowest BCUT2D eigenvalue weighted by molar-refractivity contribution is 0.101. The van der Waals surface area contributed by atoms with Gasteiger partial charge >= 0.3 is 0 Å². The molecule has 0 fully saturated rings. The van der Waals surface area contributed by atoms with Crippen molar-refractivity contribution in [2.75, 3.05) is 18.2 Å². The van der Waals surface area contributed by atoms with E-state index in [-0.39, 0.29) is 17.7 Å². The summed E-state index contributed by atoms with van der Waals surface area (Å²) in [4.78, 5) is 12.4. The Bertz CT molecular complexity index is 665. The summed E-state index contributed by atoms with van der Waals surface area (Å²) >= 11 is 0. The Hall–Kier alpha value is -2.50. The Kier molecular flexibility index (Phi) is 4.16. The second-order valence-corrected chi connectivity index (χ2v) is 4.96. The zero-order chi connectivity index (χ0) is 15.6. The van der Waals surface area contributed by atoms with Crippen molar-refractivity contribution in [3.05, 3.63) is 42.0 Å². The highest BCUT2D eigenvalue weighted by Crippen LogP contribution is 2.26. The lowest BCUT2D eigenvalue weighted by atomic mass is 10.2. The average molecular weight is 291 g/mol. The zero-order valence-corrected chi connectivity index (χ0v) is 12.2.